The number of amides is 2. The van der Waals surface area contributed by atoms with E-state index in [0.29, 0.717) is 52.3 Å². The topological polar surface area (TPSA) is 107 Å². The third kappa shape index (κ3) is 4.20. The van der Waals surface area contributed by atoms with Crippen molar-refractivity contribution in [1.82, 2.24) is 19.7 Å². The minimum atomic E-state index is -0.580. The van der Waals surface area contributed by atoms with E-state index in [0.717, 1.165) is 11.1 Å². The minimum absolute atomic E-state index is 0.0320. The molecule has 0 saturated heterocycles. The van der Waals surface area contributed by atoms with Crippen LogP contribution in [0.5, 0.6) is 0 Å². The molecule has 2 aromatic carbocycles. The van der Waals surface area contributed by atoms with Crippen LogP contribution in [0.25, 0.3) is 22.6 Å². The second-order valence-corrected chi connectivity index (χ2v) is 8.64. The lowest BCUT2D eigenvalue weighted by molar-refractivity contribution is -0.132. The molecule has 0 atom stereocenters. The van der Waals surface area contributed by atoms with Gasteiger partial charge in [-0.3, -0.25) is 14.3 Å². The van der Waals surface area contributed by atoms with Crippen molar-refractivity contribution >= 4 is 23.4 Å². The lowest BCUT2D eigenvalue weighted by Crippen LogP contribution is -2.40. The molecule has 0 spiro atoms. The summed E-state index contributed by atoms with van der Waals surface area (Å²) in [6.07, 6.45) is 1.93. The summed E-state index contributed by atoms with van der Waals surface area (Å²) in [6, 6.07) is 14.8. The van der Waals surface area contributed by atoms with E-state index < -0.39 is 5.91 Å². The van der Waals surface area contributed by atoms with Gasteiger partial charge in [0.2, 0.25) is 5.91 Å². The predicted molar refractivity (Wildman–Crippen MR) is 127 cm³/mol. The Morgan fingerprint density at radius 3 is 2.59 bits per heavy atom. The van der Waals surface area contributed by atoms with Gasteiger partial charge in [0.15, 0.2) is 11.7 Å². The zero-order valence-electron chi connectivity index (χ0n) is 18.5. The monoisotopic (exact) mass is 475 g/mol. The molecule has 4 aromatic rings. The number of aryl methyl sites for hydroxylation is 1. The third-order valence-electron chi connectivity index (χ3n) is 5.89. The van der Waals surface area contributed by atoms with Gasteiger partial charge in [-0.15, -0.1) is 0 Å². The number of oxazole rings is 1. The van der Waals surface area contributed by atoms with Crippen LogP contribution in [0.15, 0.2) is 59.1 Å². The maximum Gasteiger partial charge on any atom is 0.252 e. The highest BCUT2D eigenvalue weighted by atomic mass is 35.5. The van der Waals surface area contributed by atoms with Crippen molar-refractivity contribution in [2.24, 2.45) is 5.73 Å². The van der Waals surface area contributed by atoms with Gasteiger partial charge in [-0.2, -0.15) is 5.10 Å². The van der Waals surface area contributed by atoms with Crippen LogP contribution in [-0.2, 0) is 24.3 Å². The Labute approximate surface area is 200 Å². The highest BCUT2D eigenvalue weighted by Gasteiger charge is 2.29. The number of carbonyl (C=O) groups is 2. The SMILES string of the molecule is Cc1ncc(-c2ccc(CC(=O)N3CCn4nc(-c5cccc(Cl)c5)c(C(N)=O)c4C3)cc2)o1. The molecule has 172 valence electrons. The number of hydrogen-bond acceptors (Lipinski definition) is 5. The molecule has 1 aliphatic heterocycles. The van der Waals surface area contributed by atoms with Crippen LogP contribution in [0, 0.1) is 6.92 Å². The van der Waals surface area contributed by atoms with Gasteiger partial charge in [0.25, 0.3) is 5.91 Å². The molecular weight excluding hydrogens is 454 g/mol. The van der Waals surface area contributed by atoms with Gasteiger partial charge >= 0.3 is 0 Å². The van der Waals surface area contributed by atoms with E-state index in [9.17, 15) is 9.59 Å². The number of carbonyl (C=O) groups excluding carboxylic acids is 2. The van der Waals surface area contributed by atoms with Gasteiger partial charge in [-0.1, -0.05) is 48.0 Å². The van der Waals surface area contributed by atoms with E-state index in [2.05, 4.69) is 10.1 Å². The van der Waals surface area contributed by atoms with E-state index in [4.69, 9.17) is 21.8 Å². The van der Waals surface area contributed by atoms with Gasteiger partial charge in [-0.25, -0.2) is 4.98 Å². The van der Waals surface area contributed by atoms with Gasteiger partial charge in [0.05, 0.1) is 37.0 Å². The van der Waals surface area contributed by atoms with Gasteiger partial charge in [-0.05, 0) is 17.7 Å². The van der Waals surface area contributed by atoms with Crippen LogP contribution in [0.2, 0.25) is 5.02 Å². The smallest absolute Gasteiger partial charge is 0.252 e. The lowest BCUT2D eigenvalue weighted by Gasteiger charge is -2.28. The fourth-order valence-electron chi connectivity index (χ4n) is 4.20. The highest BCUT2D eigenvalue weighted by Crippen LogP contribution is 2.30. The minimum Gasteiger partial charge on any atom is -0.441 e. The molecule has 0 aliphatic carbocycles. The maximum absolute atomic E-state index is 13.1. The Kier molecular flexibility index (Phi) is 5.67. The van der Waals surface area contributed by atoms with Crippen molar-refractivity contribution in [1.29, 1.82) is 0 Å². The van der Waals surface area contributed by atoms with Crippen molar-refractivity contribution < 1.29 is 14.0 Å². The molecule has 0 unspecified atom stereocenters. The van der Waals surface area contributed by atoms with E-state index in [1.807, 2.05) is 30.3 Å². The van der Waals surface area contributed by atoms with Crippen molar-refractivity contribution in [2.75, 3.05) is 6.54 Å². The number of halogens is 1. The lowest BCUT2D eigenvalue weighted by atomic mass is 10.0. The second-order valence-electron chi connectivity index (χ2n) is 8.20. The van der Waals surface area contributed by atoms with Crippen molar-refractivity contribution in [2.45, 2.75) is 26.4 Å². The van der Waals surface area contributed by atoms with Crippen molar-refractivity contribution in [3.8, 4) is 22.6 Å². The molecule has 0 bridgehead atoms. The van der Waals surface area contributed by atoms with Crippen LogP contribution in [0.4, 0.5) is 0 Å². The van der Waals surface area contributed by atoms with Crippen LogP contribution >= 0.6 is 11.6 Å². The Bertz CT molecular complexity index is 1390. The van der Waals surface area contributed by atoms with E-state index in [-0.39, 0.29) is 18.9 Å². The van der Waals surface area contributed by atoms with Crippen LogP contribution in [0.3, 0.4) is 0 Å². The second kappa shape index (κ2) is 8.79. The van der Waals surface area contributed by atoms with Gasteiger partial charge in [0.1, 0.15) is 5.69 Å². The number of hydrogen-bond donors (Lipinski definition) is 1. The molecule has 2 aromatic heterocycles. The first-order valence-corrected chi connectivity index (χ1v) is 11.2. The Hall–Kier alpha value is -3.91. The van der Waals surface area contributed by atoms with Gasteiger partial charge in [0, 0.05) is 29.6 Å². The molecule has 1 aliphatic rings. The fourth-order valence-corrected chi connectivity index (χ4v) is 4.39. The molecule has 0 fully saturated rings. The predicted octanol–water partition coefficient (Wildman–Crippen LogP) is 3.85. The summed E-state index contributed by atoms with van der Waals surface area (Å²) in [6.45, 7) is 3.03. The fraction of sp³-hybridized carbons (Fsp3) is 0.200. The molecule has 9 heteroatoms. The Balaban J connectivity index is 1.35. The summed E-state index contributed by atoms with van der Waals surface area (Å²) in [5, 5.41) is 5.15. The van der Waals surface area contributed by atoms with Crippen LogP contribution in [-0.4, -0.2) is 38.0 Å². The molecule has 3 heterocycles. The first-order chi connectivity index (χ1) is 16.4. The summed E-state index contributed by atoms with van der Waals surface area (Å²) in [5.74, 6) is 0.681. The third-order valence-corrected chi connectivity index (χ3v) is 6.13. The Morgan fingerprint density at radius 1 is 1.12 bits per heavy atom. The van der Waals surface area contributed by atoms with E-state index >= 15 is 0 Å². The first-order valence-electron chi connectivity index (χ1n) is 10.8. The van der Waals surface area contributed by atoms with E-state index in [1.54, 1.807) is 40.9 Å². The van der Waals surface area contributed by atoms with Gasteiger partial charge < -0.3 is 15.1 Å². The highest BCUT2D eigenvalue weighted by molar-refractivity contribution is 6.30. The molecular formula is C25H22ClN5O3. The molecule has 2 amide bonds. The number of benzene rings is 2. The maximum atomic E-state index is 13.1. The van der Waals surface area contributed by atoms with Crippen molar-refractivity contribution in [3.05, 3.63) is 82.5 Å². The zero-order valence-corrected chi connectivity index (χ0v) is 19.2. The number of nitrogens with two attached hydrogens (primary N) is 1. The zero-order chi connectivity index (χ0) is 23.8. The molecule has 34 heavy (non-hydrogen) atoms. The normalized spacial score (nSPS) is 13.1. The average Bonchev–Trinajstić information content (AvgIpc) is 3.43. The number of aromatic nitrogens is 3. The molecule has 2 N–H and O–H groups in total. The first kappa shape index (κ1) is 21.9. The van der Waals surface area contributed by atoms with Crippen molar-refractivity contribution in [3.63, 3.8) is 0 Å². The van der Waals surface area contributed by atoms with Crippen LogP contribution < -0.4 is 5.73 Å². The number of fused-ring (bicyclic) bond motifs is 1. The molecule has 0 radical (unpaired) electrons. The number of rotatable bonds is 5. The summed E-state index contributed by atoms with van der Waals surface area (Å²) in [7, 11) is 0. The summed E-state index contributed by atoms with van der Waals surface area (Å²) >= 11 is 6.13. The number of primary amides is 1. The quantitative estimate of drug-likeness (QED) is 0.471. The average molecular weight is 476 g/mol. The Morgan fingerprint density at radius 2 is 1.91 bits per heavy atom. The number of nitrogens with zero attached hydrogens (tertiary/aromatic N) is 4. The molecule has 8 nitrogen and oxygen atoms in total. The summed E-state index contributed by atoms with van der Waals surface area (Å²) in [5.41, 5.74) is 9.67. The van der Waals surface area contributed by atoms with Crippen LogP contribution in [0.1, 0.15) is 27.5 Å². The molecule has 0 saturated carbocycles. The summed E-state index contributed by atoms with van der Waals surface area (Å²) < 4.78 is 7.31. The largest absolute Gasteiger partial charge is 0.441 e. The standard InChI is InChI=1S/C25H22ClN5O3/c1-15-28-13-21(34-15)17-7-5-16(6-8-17)11-22(32)30-9-10-31-20(14-30)23(25(27)33)24(29-31)18-3-2-4-19(26)12-18/h2-8,12-13H,9-11,14H2,1H3,(H2,27,33). The summed E-state index contributed by atoms with van der Waals surface area (Å²) in [4.78, 5) is 31.3. The van der Waals surface area contributed by atoms with E-state index in [1.165, 1.54) is 0 Å². The molecule has 5 rings (SSSR count).